The number of ether oxygens (including phenoxy) is 1. The molecule has 6 nitrogen and oxygen atoms in total. The van der Waals surface area contributed by atoms with E-state index in [0.717, 1.165) is 19.3 Å². The molecule has 0 radical (unpaired) electrons. The molecule has 2 rings (SSSR count). The number of nitrogens with one attached hydrogen (secondary N) is 1. The number of carbonyl (C=O) groups excluding carboxylic acids is 2. The van der Waals surface area contributed by atoms with E-state index in [9.17, 15) is 14.7 Å². The third-order valence-corrected chi connectivity index (χ3v) is 4.05. The zero-order valence-corrected chi connectivity index (χ0v) is 11.4. The first-order chi connectivity index (χ1) is 9.03. The van der Waals surface area contributed by atoms with Gasteiger partial charge in [-0.2, -0.15) is 0 Å². The first-order valence-electron chi connectivity index (χ1n) is 6.95. The Balaban J connectivity index is 2.10. The topological polar surface area (TPSA) is 78.9 Å². The van der Waals surface area contributed by atoms with Crippen LogP contribution in [0.3, 0.4) is 0 Å². The summed E-state index contributed by atoms with van der Waals surface area (Å²) < 4.78 is 4.66. The Kier molecular flexibility index (Phi) is 4.42. The average molecular weight is 270 g/mol. The van der Waals surface area contributed by atoms with E-state index in [1.54, 1.807) is 0 Å². The molecule has 1 heterocycles. The molecule has 1 unspecified atom stereocenters. The molecule has 1 amide bonds. The van der Waals surface area contributed by atoms with Crippen molar-refractivity contribution in [2.45, 2.75) is 50.7 Å². The van der Waals surface area contributed by atoms with Crippen molar-refractivity contribution < 1.29 is 19.4 Å². The third-order valence-electron chi connectivity index (χ3n) is 4.05. The Hall–Kier alpha value is -1.14. The van der Waals surface area contributed by atoms with Crippen molar-refractivity contribution in [1.29, 1.82) is 0 Å². The van der Waals surface area contributed by atoms with Gasteiger partial charge in [-0.15, -0.1) is 0 Å². The predicted octanol–water partition coefficient (Wildman–Crippen LogP) is 0.638. The lowest BCUT2D eigenvalue weighted by molar-refractivity contribution is -0.137. The number of esters is 1. The fourth-order valence-electron chi connectivity index (χ4n) is 3.08. The summed E-state index contributed by atoms with van der Waals surface area (Å²) in [5.41, 5.74) is -0.860. The maximum atomic E-state index is 11.9. The number of aliphatic hydroxyl groups is 1. The maximum Gasteiger partial charge on any atom is 0.417 e. The van der Waals surface area contributed by atoms with Gasteiger partial charge in [0.15, 0.2) is 0 Å². The highest BCUT2D eigenvalue weighted by atomic mass is 16.6. The van der Waals surface area contributed by atoms with Crippen molar-refractivity contribution in [1.82, 2.24) is 10.2 Å². The van der Waals surface area contributed by atoms with Crippen LogP contribution in [0.2, 0.25) is 0 Å². The molecule has 108 valence electrons. The summed E-state index contributed by atoms with van der Waals surface area (Å²) in [6.45, 7) is 2.87. The highest BCUT2D eigenvalue weighted by Crippen LogP contribution is 2.34. The number of nitrogens with zero attached hydrogens (tertiary/aromatic N) is 1. The number of hydrogen-bond donors (Lipinski definition) is 2. The number of piperazine rings is 1. The molecule has 0 aromatic heterocycles. The van der Waals surface area contributed by atoms with Crippen molar-refractivity contribution in [3.8, 4) is 0 Å². The Morgan fingerprint density at radius 3 is 2.63 bits per heavy atom. The second-order valence-corrected chi connectivity index (χ2v) is 5.44. The summed E-state index contributed by atoms with van der Waals surface area (Å²) >= 11 is 0. The summed E-state index contributed by atoms with van der Waals surface area (Å²) in [5.74, 6) is -0.613. The molecule has 0 bridgehead atoms. The van der Waals surface area contributed by atoms with E-state index in [2.05, 4.69) is 10.1 Å². The standard InChI is InChI=1S/C13H22N2O4/c1-10(16)19-12(17)15-8-7-14-9-11(15)13(18)5-3-2-4-6-13/h11,14,18H,2-9H2,1H3. The second kappa shape index (κ2) is 5.88. The van der Waals surface area contributed by atoms with Crippen LogP contribution in [0.5, 0.6) is 0 Å². The van der Waals surface area contributed by atoms with E-state index in [0.29, 0.717) is 32.5 Å². The van der Waals surface area contributed by atoms with Gasteiger partial charge in [-0.25, -0.2) is 4.79 Å². The van der Waals surface area contributed by atoms with Crippen molar-refractivity contribution >= 4 is 12.1 Å². The molecule has 6 heteroatoms. The van der Waals surface area contributed by atoms with Crippen LogP contribution in [-0.2, 0) is 9.53 Å². The fourth-order valence-corrected chi connectivity index (χ4v) is 3.08. The quantitative estimate of drug-likeness (QED) is 0.540. The molecule has 1 saturated carbocycles. The molecule has 0 aromatic rings. The molecule has 2 fully saturated rings. The Morgan fingerprint density at radius 2 is 2.00 bits per heavy atom. The van der Waals surface area contributed by atoms with Crippen molar-refractivity contribution in [2.24, 2.45) is 0 Å². The van der Waals surface area contributed by atoms with Gasteiger partial charge in [-0.3, -0.25) is 9.69 Å². The predicted molar refractivity (Wildman–Crippen MR) is 68.6 cm³/mol. The molecule has 2 aliphatic rings. The zero-order valence-electron chi connectivity index (χ0n) is 11.4. The maximum absolute atomic E-state index is 11.9. The van der Waals surface area contributed by atoms with Crippen molar-refractivity contribution in [2.75, 3.05) is 19.6 Å². The molecule has 2 N–H and O–H groups in total. The van der Waals surface area contributed by atoms with Gasteiger partial charge in [-0.1, -0.05) is 19.3 Å². The summed E-state index contributed by atoms with van der Waals surface area (Å²) in [4.78, 5) is 24.4. The lowest BCUT2D eigenvalue weighted by atomic mass is 9.78. The summed E-state index contributed by atoms with van der Waals surface area (Å²) in [6.07, 6.45) is 3.83. The summed E-state index contributed by atoms with van der Waals surface area (Å²) in [6, 6.07) is -0.312. The fraction of sp³-hybridized carbons (Fsp3) is 0.846. The zero-order chi connectivity index (χ0) is 13.9. The van der Waals surface area contributed by atoms with Gasteiger partial charge in [0, 0.05) is 26.6 Å². The van der Waals surface area contributed by atoms with E-state index >= 15 is 0 Å². The Bertz CT molecular complexity index is 353. The van der Waals surface area contributed by atoms with E-state index in [1.807, 2.05) is 0 Å². The second-order valence-electron chi connectivity index (χ2n) is 5.44. The number of amides is 1. The van der Waals surface area contributed by atoms with Crippen LogP contribution in [0.1, 0.15) is 39.0 Å². The molecule has 0 aromatic carbocycles. The van der Waals surface area contributed by atoms with Crippen LogP contribution in [0.25, 0.3) is 0 Å². The molecule has 1 aliphatic heterocycles. The number of rotatable bonds is 1. The first kappa shape index (κ1) is 14.3. The highest BCUT2D eigenvalue weighted by molar-refractivity contribution is 5.83. The van der Waals surface area contributed by atoms with Crippen molar-refractivity contribution in [3.05, 3.63) is 0 Å². The van der Waals surface area contributed by atoms with Crippen LogP contribution >= 0.6 is 0 Å². The van der Waals surface area contributed by atoms with Crippen LogP contribution < -0.4 is 5.32 Å². The lowest BCUT2D eigenvalue weighted by Gasteiger charge is -2.46. The van der Waals surface area contributed by atoms with Crippen LogP contribution in [0.15, 0.2) is 0 Å². The highest BCUT2D eigenvalue weighted by Gasteiger charge is 2.44. The van der Waals surface area contributed by atoms with Crippen LogP contribution in [0.4, 0.5) is 4.79 Å². The Labute approximate surface area is 113 Å². The summed E-state index contributed by atoms with van der Waals surface area (Å²) in [7, 11) is 0. The molecule has 0 spiro atoms. The monoisotopic (exact) mass is 270 g/mol. The molecular formula is C13H22N2O4. The largest absolute Gasteiger partial charge is 0.417 e. The Morgan fingerprint density at radius 1 is 1.32 bits per heavy atom. The minimum absolute atomic E-state index is 0.312. The van der Waals surface area contributed by atoms with E-state index in [4.69, 9.17) is 0 Å². The molecule has 1 aliphatic carbocycles. The molecule has 1 atom stereocenters. The van der Waals surface area contributed by atoms with Gasteiger partial charge in [0.05, 0.1) is 11.6 Å². The van der Waals surface area contributed by atoms with Crippen molar-refractivity contribution in [3.63, 3.8) is 0 Å². The van der Waals surface area contributed by atoms with Gasteiger partial charge < -0.3 is 15.2 Å². The normalized spacial score (nSPS) is 26.8. The van der Waals surface area contributed by atoms with Gasteiger partial charge in [0.25, 0.3) is 0 Å². The molecule has 19 heavy (non-hydrogen) atoms. The van der Waals surface area contributed by atoms with E-state index in [1.165, 1.54) is 11.8 Å². The number of hydrogen-bond acceptors (Lipinski definition) is 5. The first-order valence-corrected chi connectivity index (χ1v) is 6.95. The lowest BCUT2D eigenvalue weighted by Crippen LogP contribution is -2.64. The minimum Gasteiger partial charge on any atom is -0.388 e. The SMILES string of the molecule is CC(=O)OC(=O)N1CCNCC1C1(O)CCCCC1. The van der Waals surface area contributed by atoms with Gasteiger partial charge in [0.2, 0.25) is 0 Å². The minimum atomic E-state index is -0.860. The average Bonchev–Trinajstić information content (AvgIpc) is 2.39. The molecule has 1 saturated heterocycles. The van der Waals surface area contributed by atoms with Gasteiger partial charge in [-0.05, 0) is 12.8 Å². The smallest absolute Gasteiger partial charge is 0.388 e. The van der Waals surface area contributed by atoms with E-state index < -0.39 is 17.7 Å². The summed E-state index contributed by atoms with van der Waals surface area (Å²) in [5, 5.41) is 14.0. The third kappa shape index (κ3) is 3.25. The van der Waals surface area contributed by atoms with Crippen LogP contribution in [0, 0.1) is 0 Å². The van der Waals surface area contributed by atoms with Gasteiger partial charge >= 0.3 is 12.1 Å². The molecular weight excluding hydrogens is 248 g/mol. The van der Waals surface area contributed by atoms with Gasteiger partial charge in [0.1, 0.15) is 0 Å². The van der Waals surface area contributed by atoms with Crippen LogP contribution in [-0.4, -0.2) is 53.3 Å². The number of carbonyl (C=O) groups is 2. The van der Waals surface area contributed by atoms with E-state index in [-0.39, 0.29) is 6.04 Å².